The molecule has 0 aliphatic rings. The Labute approximate surface area is 146 Å². The van der Waals surface area contributed by atoms with Crippen molar-refractivity contribution < 1.29 is 33.7 Å². The van der Waals surface area contributed by atoms with Crippen LogP contribution in [0.25, 0.3) is 0 Å². The zero-order valence-corrected chi connectivity index (χ0v) is 15.0. The lowest BCUT2D eigenvalue weighted by Gasteiger charge is -2.19. The second kappa shape index (κ2) is 9.05. The van der Waals surface area contributed by atoms with E-state index in [9.17, 15) is 19.5 Å². The molecule has 25 heavy (non-hydrogen) atoms. The Morgan fingerprint density at radius 1 is 1.12 bits per heavy atom. The highest BCUT2D eigenvalue weighted by atomic mass is 16.6. The van der Waals surface area contributed by atoms with Crippen LogP contribution >= 0.6 is 0 Å². The van der Waals surface area contributed by atoms with Crippen molar-refractivity contribution in [1.82, 2.24) is 0 Å². The summed E-state index contributed by atoms with van der Waals surface area (Å²) >= 11 is 0. The molecule has 0 saturated carbocycles. The van der Waals surface area contributed by atoms with Gasteiger partial charge in [0, 0.05) is 6.42 Å². The second-order valence-electron chi connectivity index (χ2n) is 6.37. The largest absolute Gasteiger partial charge is 0.493 e. The molecule has 0 heterocycles. The van der Waals surface area contributed by atoms with Gasteiger partial charge in [0.25, 0.3) is 0 Å². The molecule has 1 aromatic rings. The summed E-state index contributed by atoms with van der Waals surface area (Å²) in [5, 5.41) is 9.18. The zero-order valence-electron chi connectivity index (χ0n) is 15.0. The molecule has 0 fully saturated rings. The van der Waals surface area contributed by atoms with Gasteiger partial charge in [0.1, 0.15) is 16.9 Å². The summed E-state index contributed by atoms with van der Waals surface area (Å²) in [4.78, 5) is 34.7. The van der Waals surface area contributed by atoms with Crippen LogP contribution in [0.4, 0.5) is 0 Å². The van der Waals surface area contributed by atoms with Gasteiger partial charge in [-0.05, 0) is 45.7 Å². The maximum absolute atomic E-state index is 11.8. The van der Waals surface area contributed by atoms with Gasteiger partial charge in [-0.25, -0.2) is 9.59 Å². The Bertz CT molecular complexity index is 629. The fourth-order valence-corrected chi connectivity index (χ4v) is 2.09. The SMILES string of the molecule is COC(=O)c1c(OCCCCC(=O)OC(C)(C)C)cccc1C(=O)O. The maximum atomic E-state index is 11.8. The molecule has 1 rings (SSSR count). The van der Waals surface area contributed by atoms with Gasteiger partial charge < -0.3 is 19.3 Å². The molecule has 7 nitrogen and oxygen atoms in total. The van der Waals surface area contributed by atoms with Crippen molar-refractivity contribution >= 4 is 17.9 Å². The first-order valence-corrected chi connectivity index (χ1v) is 7.95. The van der Waals surface area contributed by atoms with Crippen LogP contribution in [0.15, 0.2) is 18.2 Å². The number of methoxy groups -OCH3 is 1. The standard InChI is InChI=1S/C18H24O7/c1-18(2,3)25-14(19)10-5-6-11-24-13-9-7-8-12(16(20)21)15(13)17(22)23-4/h7-9H,5-6,10-11H2,1-4H3,(H,20,21). The van der Waals surface area contributed by atoms with Crippen LogP contribution in [0.1, 0.15) is 60.7 Å². The minimum Gasteiger partial charge on any atom is -0.493 e. The van der Waals surface area contributed by atoms with Gasteiger partial charge in [-0.15, -0.1) is 0 Å². The topological polar surface area (TPSA) is 99.1 Å². The third kappa shape index (κ3) is 6.82. The lowest BCUT2D eigenvalue weighted by molar-refractivity contribution is -0.154. The Morgan fingerprint density at radius 3 is 2.36 bits per heavy atom. The first-order valence-electron chi connectivity index (χ1n) is 7.95. The molecule has 0 unspecified atom stereocenters. The van der Waals surface area contributed by atoms with Crippen molar-refractivity contribution in [3.8, 4) is 5.75 Å². The van der Waals surface area contributed by atoms with Crippen molar-refractivity contribution in [3.63, 3.8) is 0 Å². The van der Waals surface area contributed by atoms with E-state index in [1.807, 2.05) is 0 Å². The van der Waals surface area contributed by atoms with Crippen LogP contribution in [0, 0.1) is 0 Å². The number of esters is 2. The van der Waals surface area contributed by atoms with E-state index in [1.165, 1.54) is 25.3 Å². The summed E-state index contributed by atoms with van der Waals surface area (Å²) in [6.45, 7) is 5.64. The van der Waals surface area contributed by atoms with E-state index < -0.39 is 17.5 Å². The van der Waals surface area contributed by atoms with Crippen LogP contribution in [-0.2, 0) is 14.3 Å². The highest BCUT2D eigenvalue weighted by molar-refractivity contribution is 6.04. The number of benzene rings is 1. The third-order valence-electron chi connectivity index (χ3n) is 3.10. The van der Waals surface area contributed by atoms with Gasteiger partial charge in [-0.3, -0.25) is 4.79 Å². The lowest BCUT2D eigenvalue weighted by Crippen LogP contribution is -2.23. The van der Waals surface area contributed by atoms with Gasteiger partial charge in [0.2, 0.25) is 0 Å². The molecule has 0 amide bonds. The predicted octanol–water partition coefficient (Wildman–Crippen LogP) is 3.06. The second-order valence-corrected chi connectivity index (χ2v) is 6.37. The first-order chi connectivity index (χ1) is 11.7. The molecule has 138 valence electrons. The average molecular weight is 352 g/mol. The Kier molecular flexibility index (Phi) is 7.42. The highest BCUT2D eigenvalue weighted by Gasteiger charge is 2.22. The first kappa shape index (κ1) is 20.5. The molecule has 0 spiro atoms. The van der Waals surface area contributed by atoms with Crippen molar-refractivity contribution in [2.75, 3.05) is 13.7 Å². The number of ether oxygens (including phenoxy) is 3. The third-order valence-corrected chi connectivity index (χ3v) is 3.10. The Hall–Kier alpha value is -2.57. The van der Waals surface area contributed by atoms with Gasteiger partial charge >= 0.3 is 17.9 Å². The zero-order chi connectivity index (χ0) is 19.0. The molecular weight excluding hydrogens is 328 g/mol. The molecular formula is C18H24O7. The summed E-state index contributed by atoms with van der Waals surface area (Å²) in [5.41, 5.74) is -0.817. The van der Waals surface area contributed by atoms with Gasteiger partial charge in [-0.2, -0.15) is 0 Å². The molecule has 0 aliphatic heterocycles. The number of aromatic carboxylic acids is 1. The number of rotatable bonds is 8. The molecule has 1 N–H and O–H groups in total. The summed E-state index contributed by atoms with van der Waals surface area (Å²) in [6.07, 6.45) is 1.37. The molecule has 1 aromatic carbocycles. The van der Waals surface area contributed by atoms with E-state index >= 15 is 0 Å². The minimum atomic E-state index is -1.24. The Morgan fingerprint density at radius 2 is 1.80 bits per heavy atom. The molecule has 0 atom stereocenters. The van der Waals surface area contributed by atoms with E-state index in [4.69, 9.17) is 9.47 Å². The number of carbonyl (C=O) groups is 3. The van der Waals surface area contributed by atoms with E-state index in [2.05, 4.69) is 4.74 Å². The van der Waals surface area contributed by atoms with Crippen molar-refractivity contribution in [3.05, 3.63) is 29.3 Å². The lowest BCUT2D eigenvalue weighted by atomic mass is 10.1. The average Bonchev–Trinajstić information content (AvgIpc) is 2.51. The summed E-state index contributed by atoms with van der Waals surface area (Å²) in [6, 6.07) is 4.31. The van der Waals surface area contributed by atoms with E-state index in [1.54, 1.807) is 20.8 Å². The van der Waals surface area contributed by atoms with E-state index in [-0.39, 0.29) is 35.9 Å². The monoisotopic (exact) mass is 352 g/mol. The van der Waals surface area contributed by atoms with Crippen molar-refractivity contribution in [2.24, 2.45) is 0 Å². The molecule has 0 bridgehead atoms. The maximum Gasteiger partial charge on any atom is 0.342 e. The van der Waals surface area contributed by atoms with Gasteiger partial charge in [0.15, 0.2) is 0 Å². The van der Waals surface area contributed by atoms with Gasteiger partial charge in [-0.1, -0.05) is 6.07 Å². The Balaban J connectivity index is 2.61. The van der Waals surface area contributed by atoms with Crippen molar-refractivity contribution in [2.45, 2.75) is 45.6 Å². The van der Waals surface area contributed by atoms with Gasteiger partial charge in [0.05, 0.1) is 19.3 Å². The molecule has 0 aliphatic carbocycles. The molecule has 0 saturated heterocycles. The molecule has 0 radical (unpaired) electrons. The number of carboxylic acids is 1. The molecule has 7 heteroatoms. The van der Waals surface area contributed by atoms with Crippen LogP contribution in [0.5, 0.6) is 5.75 Å². The van der Waals surface area contributed by atoms with Crippen molar-refractivity contribution in [1.29, 1.82) is 0 Å². The summed E-state index contributed by atoms with van der Waals surface area (Å²) < 4.78 is 15.4. The van der Waals surface area contributed by atoms with Crippen LogP contribution in [-0.4, -0.2) is 42.3 Å². The highest BCUT2D eigenvalue weighted by Crippen LogP contribution is 2.24. The van der Waals surface area contributed by atoms with E-state index in [0.717, 1.165) is 0 Å². The predicted molar refractivity (Wildman–Crippen MR) is 89.9 cm³/mol. The normalized spacial score (nSPS) is 10.9. The fourth-order valence-electron chi connectivity index (χ4n) is 2.09. The quantitative estimate of drug-likeness (QED) is 0.567. The fraction of sp³-hybridized carbons (Fsp3) is 0.500. The molecule has 0 aromatic heterocycles. The van der Waals surface area contributed by atoms with Crippen LogP contribution in [0.3, 0.4) is 0 Å². The van der Waals surface area contributed by atoms with E-state index in [0.29, 0.717) is 12.8 Å². The number of carbonyl (C=O) groups excluding carboxylic acids is 2. The summed E-state index contributed by atoms with van der Waals surface area (Å²) in [7, 11) is 1.17. The minimum absolute atomic E-state index is 0.121. The number of carboxylic acid groups (broad SMARTS) is 1. The number of unbranched alkanes of at least 4 members (excludes halogenated alkanes) is 1. The number of hydrogen-bond acceptors (Lipinski definition) is 6. The van der Waals surface area contributed by atoms with Crippen LogP contribution < -0.4 is 4.74 Å². The summed E-state index contributed by atoms with van der Waals surface area (Å²) in [5.74, 6) is -2.16. The number of hydrogen-bond donors (Lipinski definition) is 1. The van der Waals surface area contributed by atoms with Crippen LogP contribution in [0.2, 0.25) is 0 Å². The smallest absolute Gasteiger partial charge is 0.342 e.